The van der Waals surface area contributed by atoms with Gasteiger partial charge in [0, 0.05) is 32.1 Å². The van der Waals surface area contributed by atoms with E-state index in [1.807, 2.05) is 66.7 Å². The fraction of sp³-hybridized carbons (Fsp3) is 0.444. The van der Waals surface area contributed by atoms with Crippen LogP contribution in [0.15, 0.2) is 78.9 Å². The molecule has 0 aromatic heterocycles. The predicted octanol–water partition coefficient (Wildman–Crippen LogP) is 7.15. The highest BCUT2D eigenvalue weighted by Crippen LogP contribution is 2.46. The fourth-order valence-corrected chi connectivity index (χ4v) is 6.93. The molecular formula is C36H48N3O6P. The molecule has 0 radical (unpaired) electrons. The summed E-state index contributed by atoms with van der Waals surface area (Å²) in [5.74, 6) is 1.41. The Hall–Kier alpha value is -3.51. The molecular weight excluding hydrogens is 601 g/mol. The van der Waals surface area contributed by atoms with Gasteiger partial charge < -0.3 is 28.2 Å². The van der Waals surface area contributed by atoms with Crippen molar-refractivity contribution in [3.8, 4) is 17.6 Å². The number of ether oxygens (including phenoxy) is 3. The number of benzene rings is 3. The quantitative estimate of drug-likeness (QED) is 0.0768. The Morgan fingerprint density at radius 3 is 1.70 bits per heavy atom. The molecule has 0 fully saturated rings. The normalized spacial score (nSPS) is 12.3. The summed E-state index contributed by atoms with van der Waals surface area (Å²) in [6.45, 7) is 11.5. The lowest BCUT2D eigenvalue weighted by Gasteiger charge is -2.37. The molecule has 46 heavy (non-hydrogen) atoms. The number of amides is 1. The molecule has 3 aromatic rings. The number of nitrogens with zero attached hydrogens (tertiary/aromatic N) is 3. The molecule has 0 bridgehead atoms. The van der Waals surface area contributed by atoms with E-state index in [4.69, 9.17) is 28.5 Å². The minimum Gasteiger partial charge on any atom is -0.497 e. The zero-order chi connectivity index (χ0) is 33.5. The number of carbonyl (C=O) groups is 1. The van der Waals surface area contributed by atoms with Crippen LogP contribution in [0, 0.1) is 11.3 Å². The van der Waals surface area contributed by atoms with Gasteiger partial charge in [0.25, 0.3) is 8.53 Å². The highest BCUT2D eigenvalue weighted by Gasteiger charge is 2.38. The minimum atomic E-state index is -1.40. The van der Waals surface area contributed by atoms with Crippen LogP contribution in [0.5, 0.6) is 11.5 Å². The van der Waals surface area contributed by atoms with Gasteiger partial charge in [-0.05, 0) is 68.7 Å². The maximum absolute atomic E-state index is 12.8. The maximum Gasteiger partial charge on any atom is 0.259 e. The van der Waals surface area contributed by atoms with Gasteiger partial charge in [-0.15, -0.1) is 0 Å². The molecule has 1 unspecified atom stereocenters. The molecule has 0 spiro atoms. The van der Waals surface area contributed by atoms with Crippen molar-refractivity contribution in [3.63, 3.8) is 0 Å². The lowest BCUT2D eigenvalue weighted by Crippen LogP contribution is -2.39. The van der Waals surface area contributed by atoms with Crippen LogP contribution in [0.25, 0.3) is 0 Å². The van der Waals surface area contributed by atoms with Gasteiger partial charge in [0.2, 0.25) is 5.91 Å². The van der Waals surface area contributed by atoms with Gasteiger partial charge in [0.05, 0.1) is 46.5 Å². The molecule has 10 heteroatoms. The first kappa shape index (κ1) is 37.0. The third kappa shape index (κ3) is 9.75. The Kier molecular flexibility index (Phi) is 14.9. The summed E-state index contributed by atoms with van der Waals surface area (Å²) in [7, 11) is 1.88. The second kappa shape index (κ2) is 18.6. The second-order valence-electron chi connectivity index (χ2n) is 11.2. The number of hydrogen-bond donors (Lipinski definition) is 0. The lowest BCUT2D eigenvalue weighted by molar-refractivity contribution is -0.130. The van der Waals surface area contributed by atoms with Crippen molar-refractivity contribution in [3.05, 3.63) is 95.6 Å². The summed E-state index contributed by atoms with van der Waals surface area (Å²) in [4.78, 5) is 14.5. The Morgan fingerprint density at radius 1 is 0.761 bits per heavy atom. The summed E-state index contributed by atoms with van der Waals surface area (Å²) in [6.07, 6.45) is 0.286. The van der Waals surface area contributed by atoms with E-state index in [9.17, 15) is 4.79 Å². The Bertz CT molecular complexity index is 1310. The summed E-state index contributed by atoms with van der Waals surface area (Å²) in [6, 6.07) is 28.3. The van der Waals surface area contributed by atoms with E-state index in [1.54, 1.807) is 26.0 Å². The molecule has 248 valence electrons. The van der Waals surface area contributed by atoms with E-state index in [1.165, 1.54) is 0 Å². The van der Waals surface area contributed by atoms with Gasteiger partial charge in [-0.2, -0.15) is 5.26 Å². The number of rotatable bonds is 19. The standard InChI is InChI=1S/C36H48N3O6P/c1-28(2)39(29(3)4)46(44-25-11-22-37)45-27-24-38(30(5)40)23-26-43-36(31-12-9-8-10-13-31,32-14-18-34(41-6)19-15-32)33-16-20-35(42-7)21-17-33/h8-10,12-21,28-29H,11,23-27H2,1-7H3. The largest absolute Gasteiger partial charge is 0.497 e. The van der Waals surface area contributed by atoms with Crippen LogP contribution in [0.2, 0.25) is 0 Å². The van der Waals surface area contributed by atoms with Gasteiger partial charge in [0.15, 0.2) is 0 Å². The van der Waals surface area contributed by atoms with Crippen molar-refractivity contribution in [2.75, 3.05) is 47.1 Å². The van der Waals surface area contributed by atoms with Gasteiger partial charge >= 0.3 is 0 Å². The Balaban J connectivity index is 1.86. The molecule has 0 N–H and O–H groups in total. The highest BCUT2D eigenvalue weighted by atomic mass is 31.2. The SMILES string of the molecule is COc1ccc(C(OCCN(CCOP(OCCC#N)N(C(C)C)C(C)C)C(C)=O)(c2ccccc2)c2ccc(OC)cc2)cc1. The number of methoxy groups -OCH3 is 2. The third-order valence-corrected chi connectivity index (χ3v) is 9.63. The van der Waals surface area contributed by atoms with E-state index < -0.39 is 14.1 Å². The second-order valence-corrected chi connectivity index (χ2v) is 12.7. The lowest BCUT2D eigenvalue weighted by atomic mass is 9.80. The molecule has 0 aliphatic heterocycles. The summed E-state index contributed by atoms with van der Waals surface area (Å²) >= 11 is 0. The first-order chi connectivity index (χ1) is 22.2. The van der Waals surface area contributed by atoms with Gasteiger partial charge in [0.1, 0.15) is 17.1 Å². The van der Waals surface area contributed by atoms with Gasteiger partial charge in [-0.3, -0.25) is 4.79 Å². The molecule has 0 heterocycles. The van der Waals surface area contributed by atoms with E-state index in [-0.39, 0.29) is 37.6 Å². The van der Waals surface area contributed by atoms with Crippen molar-refractivity contribution in [1.29, 1.82) is 5.26 Å². The molecule has 9 nitrogen and oxygen atoms in total. The molecule has 0 aliphatic carbocycles. The van der Waals surface area contributed by atoms with Crippen molar-refractivity contribution in [1.82, 2.24) is 9.57 Å². The Morgan fingerprint density at radius 2 is 1.24 bits per heavy atom. The monoisotopic (exact) mass is 649 g/mol. The van der Waals surface area contributed by atoms with E-state index in [0.29, 0.717) is 19.7 Å². The van der Waals surface area contributed by atoms with Crippen LogP contribution in [0.4, 0.5) is 0 Å². The van der Waals surface area contributed by atoms with Crippen LogP contribution in [-0.4, -0.2) is 74.7 Å². The first-order valence-corrected chi connectivity index (χ1v) is 16.8. The van der Waals surface area contributed by atoms with E-state index >= 15 is 0 Å². The number of hydrogen-bond acceptors (Lipinski definition) is 8. The smallest absolute Gasteiger partial charge is 0.259 e. The van der Waals surface area contributed by atoms with Crippen LogP contribution in [0.3, 0.4) is 0 Å². The maximum atomic E-state index is 12.8. The van der Waals surface area contributed by atoms with Crippen molar-refractivity contribution in [2.24, 2.45) is 0 Å². The fourth-order valence-electron chi connectivity index (χ4n) is 5.35. The number of nitriles is 1. The van der Waals surface area contributed by atoms with Crippen molar-refractivity contribution in [2.45, 2.75) is 58.7 Å². The molecule has 3 aromatic carbocycles. The molecule has 0 saturated heterocycles. The Labute approximate surface area is 275 Å². The van der Waals surface area contributed by atoms with Gasteiger partial charge in [-0.25, -0.2) is 4.67 Å². The van der Waals surface area contributed by atoms with E-state index in [0.717, 1.165) is 28.2 Å². The first-order valence-electron chi connectivity index (χ1n) is 15.6. The molecule has 1 atom stereocenters. The minimum absolute atomic E-state index is 0.0780. The van der Waals surface area contributed by atoms with Gasteiger partial charge in [-0.1, -0.05) is 54.6 Å². The molecule has 3 rings (SSSR count). The third-order valence-electron chi connectivity index (χ3n) is 7.52. The van der Waals surface area contributed by atoms with Crippen LogP contribution >= 0.6 is 8.53 Å². The van der Waals surface area contributed by atoms with Crippen molar-refractivity contribution < 1.29 is 28.1 Å². The van der Waals surface area contributed by atoms with Crippen molar-refractivity contribution >= 4 is 14.4 Å². The van der Waals surface area contributed by atoms with Crippen LogP contribution < -0.4 is 9.47 Å². The summed E-state index contributed by atoms with van der Waals surface area (Å²) in [5.41, 5.74) is 1.82. The van der Waals surface area contributed by atoms with Crippen LogP contribution in [-0.2, 0) is 24.2 Å². The molecule has 1 amide bonds. The zero-order valence-electron chi connectivity index (χ0n) is 28.1. The van der Waals surface area contributed by atoms with Crippen LogP contribution in [0.1, 0.15) is 57.7 Å². The summed E-state index contributed by atoms with van der Waals surface area (Å²) in [5, 5.41) is 9.01. The number of carbonyl (C=O) groups excluding carboxylic acids is 1. The molecule has 0 saturated carbocycles. The summed E-state index contributed by atoms with van der Waals surface area (Å²) < 4.78 is 32.3. The average Bonchev–Trinajstić information content (AvgIpc) is 3.06. The highest BCUT2D eigenvalue weighted by molar-refractivity contribution is 7.44. The van der Waals surface area contributed by atoms with E-state index in [2.05, 4.69) is 50.6 Å². The molecule has 0 aliphatic rings. The topological polar surface area (TPSA) is 93.5 Å². The predicted molar refractivity (Wildman–Crippen MR) is 182 cm³/mol. The zero-order valence-corrected chi connectivity index (χ0v) is 29.0. The average molecular weight is 650 g/mol.